The summed E-state index contributed by atoms with van der Waals surface area (Å²) in [6.07, 6.45) is 8.51. The molecule has 5 nitrogen and oxygen atoms in total. The molecule has 0 bridgehead atoms. The number of nitrogens with one attached hydrogen (secondary N) is 1. The van der Waals surface area contributed by atoms with Gasteiger partial charge in [-0.3, -0.25) is 14.6 Å². The maximum atomic E-state index is 13.2. The van der Waals surface area contributed by atoms with Crippen LogP contribution in [-0.4, -0.2) is 34.8 Å². The van der Waals surface area contributed by atoms with Crippen LogP contribution in [0.3, 0.4) is 0 Å². The standard InChI is InChI=1S/C20H25N3O2S/c1-3-23(4-2)20(25)17-15-10-6-5-7-11-16(15)26-19(17)22-18(24)14-9-8-12-21-13-14/h8-9,12-13H,3-7,10-11H2,1-2H3,(H,22,24). The number of hydrogen-bond acceptors (Lipinski definition) is 4. The van der Waals surface area contributed by atoms with Crippen LogP contribution in [0.5, 0.6) is 0 Å². The van der Waals surface area contributed by atoms with E-state index in [1.54, 1.807) is 35.9 Å². The van der Waals surface area contributed by atoms with E-state index in [9.17, 15) is 9.59 Å². The lowest BCUT2D eigenvalue weighted by Gasteiger charge is -2.20. The van der Waals surface area contributed by atoms with Gasteiger partial charge in [0.25, 0.3) is 11.8 Å². The molecular formula is C20H25N3O2S. The normalized spacial score (nSPS) is 13.6. The van der Waals surface area contributed by atoms with Gasteiger partial charge in [-0.05, 0) is 57.2 Å². The first-order valence-corrected chi connectivity index (χ1v) is 10.1. The summed E-state index contributed by atoms with van der Waals surface area (Å²) in [5.74, 6) is -0.195. The van der Waals surface area contributed by atoms with Crippen molar-refractivity contribution in [3.63, 3.8) is 0 Å². The van der Waals surface area contributed by atoms with Crippen molar-refractivity contribution < 1.29 is 9.59 Å². The van der Waals surface area contributed by atoms with Gasteiger partial charge in [0.2, 0.25) is 0 Å². The molecule has 3 rings (SSSR count). The number of carbonyl (C=O) groups is 2. The Bertz CT molecular complexity index is 782. The van der Waals surface area contributed by atoms with Crippen LogP contribution < -0.4 is 5.32 Å². The molecule has 1 aliphatic carbocycles. The number of nitrogens with zero attached hydrogens (tertiary/aromatic N) is 2. The number of thiophene rings is 1. The summed E-state index contributed by atoms with van der Waals surface area (Å²) in [6.45, 7) is 5.30. The Balaban J connectivity index is 1.98. The fraction of sp³-hybridized carbons (Fsp3) is 0.450. The van der Waals surface area contributed by atoms with Gasteiger partial charge < -0.3 is 10.2 Å². The average Bonchev–Trinajstić information content (AvgIpc) is 2.83. The van der Waals surface area contributed by atoms with Crippen LogP contribution in [0.25, 0.3) is 0 Å². The number of carbonyl (C=O) groups excluding carboxylic acids is 2. The molecule has 0 unspecified atom stereocenters. The van der Waals surface area contributed by atoms with E-state index in [2.05, 4.69) is 10.3 Å². The van der Waals surface area contributed by atoms with Crippen LogP contribution in [0.15, 0.2) is 24.5 Å². The number of aryl methyl sites for hydroxylation is 1. The number of amides is 2. The van der Waals surface area contributed by atoms with Crippen LogP contribution in [0.4, 0.5) is 5.00 Å². The van der Waals surface area contributed by atoms with Gasteiger partial charge in [0.1, 0.15) is 5.00 Å². The molecule has 26 heavy (non-hydrogen) atoms. The first-order chi connectivity index (χ1) is 12.7. The number of pyridine rings is 1. The molecule has 1 N–H and O–H groups in total. The minimum absolute atomic E-state index is 0.0240. The van der Waals surface area contributed by atoms with Crippen molar-refractivity contribution in [2.45, 2.75) is 46.0 Å². The molecule has 2 aromatic rings. The highest BCUT2D eigenvalue weighted by Gasteiger charge is 2.28. The molecule has 0 atom stereocenters. The van der Waals surface area contributed by atoms with E-state index in [1.807, 2.05) is 18.7 Å². The van der Waals surface area contributed by atoms with Crippen molar-refractivity contribution in [1.29, 1.82) is 0 Å². The van der Waals surface area contributed by atoms with E-state index in [0.29, 0.717) is 29.2 Å². The maximum absolute atomic E-state index is 13.2. The predicted molar refractivity (Wildman–Crippen MR) is 105 cm³/mol. The van der Waals surface area contributed by atoms with E-state index in [4.69, 9.17) is 0 Å². The summed E-state index contributed by atoms with van der Waals surface area (Å²) in [5.41, 5.74) is 2.34. The quantitative estimate of drug-likeness (QED) is 0.803. The third-order valence-electron chi connectivity index (χ3n) is 4.84. The molecule has 0 saturated carbocycles. The van der Waals surface area contributed by atoms with E-state index in [1.165, 1.54) is 11.3 Å². The Kier molecular flexibility index (Phi) is 6.04. The number of fused-ring (bicyclic) bond motifs is 1. The maximum Gasteiger partial charge on any atom is 0.257 e. The van der Waals surface area contributed by atoms with Gasteiger partial charge in [0.15, 0.2) is 0 Å². The molecule has 0 saturated heterocycles. The SMILES string of the molecule is CCN(CC)C(=O)c1c(NC(=O)c2cccnc2)sc2c1CCCCC2. The average molecular weight is 372 g/mol. The lowest BCUT2D eigenvalue weighted by atomic mass is 10.0. The molecule has 2 heterocycles. The summed E-state index contributed by atoms with van der Waals surface area (Å²) < 4.78 is 0. The molecule has 0 aliphatic heterocycles. The summed E-state index contributed by atoms with van der Waals surface area (Å²) in [4.78, 5) is 32.8. The zero-order chi connectivity index (χ0) is 18.5. The fourth-order valence-electron chi connectivity index (χ4n) is 3.40. The zero-order valence-electron chi connectivity index (χ0n) is 15.4. The van der Waals surface area contributed by atoms with E-state index in [-0.39, 0.29) is 11.8 Å². The van der Waals surface area contributed by atoms with Crippen LogP contribution in [-0.2, 0) is 12.8 Å². The minimum atomic E-state index is -0.219. The highest BCUT2D eigenvalue weighted by molar-refractivity contribution is 7.17. The Labute approximate surface area is 158 Å². The van der Waals surface area contributed by atoms with Crippen LogP contribution >= 0.6 is 11.3 Å². The number of aromatic nitrogens is 1. The van der Waals surface area contributed by atoms with Crippen molar-refractivity contribution in [2.75, 3.05) is 18.4 Å². The first kappa shape index (κ1) is 18.6. The van der Waals surface area contributed by atoms with Gasteiger partial charge in [-0.25, -0.2) is 0 Å². The number of hydrogen-bond donors (Lipinski definition) is 1. The van der Waals surface area contributed by atoms with E-state index >= 15 is 0 Å². The third-order valence-corrected chi connectivity index (χ3v) is 6.04. The largest absolute Gasteiger partial charge is 0.339 e. The summed E-state index contributed by atoms with van der Waals surface area (Å²) in [6, 6.07) is 3.47. The fourth-order valence-corrected chi connectivity index (χ4v) is 4.67. The van der Waals surface area contributed by atoms with Gasteiger partial charge in [0.05, 0.1) is 11.1 Å². The van der Waals surface area contributed by atoms with E-state index < -0.39 is 0 Å². The van der Waals surface area contributed by atoms with Crippen molar-refractivity contribution in [3.8, 4) is 0 Å². The molecule has 0 spiro atoms. The van der Waals surface area contributed by atoms with Gasteiger partial charge in [-0.2, -0.15) is 0 Å². The van der Waals surface area contributed by atoms with Crippen molar-refractivity contribution in [1.82, 2.24) is 9.88 Å². The lowest BCUT2D eigenvalue weighted by molar-refractivity contribution is 0.0773. The second-order valence-corrected chi connectivity index (χ2v) is 7.55. The molecule has 6 heteroatoms. The molecule has 1 aliphatic rings. The molecule has 0 fully saturated rings. The topological polar surface area (TPSA) is 62.3 Å². The molecule has 2 aromatic heterocycles. The Hall–Kier alpha value is -2.21. The lowest BCUT2D eigenvalue weighted by Crippen LogP contribution is -2.31. The van der Waals surface area contributed by atoms with Crippen LogP contribution in [0.1, 0.15) is 64.3 Å². The Morgan fingerprint density at radius 2 is 1.96 bits per heavy atom. The van der Waals surface area contributed by atoms with Gasteiger partial charge in [-0.1, -0.05) is 6.42 Å². The molecular weight excluding hydrogens is 346 g/mol. The van der Waals surface area contributed by atoms with Crippen molar-refractivity contribution >= 4 is 28.2 Å². The minimum Gasteiger partial charge on any atom is -0.339 e. The van der Waals surface area contributed by atoms with Crippen molar-refractivity contribution in [3.05, 3.63) is 46.1 Å². The van der Waals surface area contributed by atoms with Crippen molar-refractivity contribution in [2.24, 2.45) is 0 Å². The van der Waals surface area contributed by atoms with Gasteiger partial charge in [-0.15, -0.1) is 11.3 Å². The highest BCUT2D eigenvalue weighted by atomic mass is 32.1. The Morgan fingerprint density at radius 1 is 1.19 bits per heavy atom. The Morgan fingerprint density at radius 3 is 2.65 bits per heavy atom. The number of anilines is 1. The summed E-state index contributed by atoms with van der Waals surface area (Å²) in [5, 5.41) is 3.66. The summed E-state index contributed by atoms with van der Waals surface area (Å²) in [7, 11) is 0. The molecule has 0 radical (unpaired) electrons. The van der Waals surface area contributed by atoms with Gasteiger partial charge >= 0.3 is 0 Å². The van der Waals surface area contributed by atoms with Crippen LogP contribution in [0, 0.1) is 0 Å². The first-order valence-electron chi connectivity index (χ1n) is 9.30. The second-order valence-electron chi connectivity index (χ2n) is 6.44. The predicted octanol–water partition coefficient (Wildman–Crippen LogP) is 4.15. The molecule has 2 amide bonds. The molecule has 138 valence electrons. The van der Waals surface area contributed by atoms with E-state index in [0.717, 1.165) is 31.2 Å². The smallest absolute Gasteiger partial charge is 0.257 e. The third kappa shape index (κ3) is 3.80. The zero-order valence-corrected chi connectivity index (χ0v) is 16.2. The monoisotopic (exact) mass is 371 g/mol. The highest BCUT2D eigenvalue weighted by Crippen LogP contribution is 2.38. The van der Waals surface area contributed by atoms with Gasteiger partial charge in [0, 0.05) is 30.4 Å². The summed E-state index contributed by atoms with van der Waals surface area (Å²) >= 11 is 1.57. The second kappa shape index (κ2) is 8.45. The van der Waals surface area contributed by atoms with Crippen LogP contribution in [0.2, 0.25) is 0 Å². The molecule has 0 aromatic carbocycles. The number of rotatable bonds is 5.